The van der Waals surface area contributed by atoms with Crippen molar-refractivity contribution in [2.45, 2.75) is 13.0 Å². The number of nitrogens with zero attached hydrogens (tertiary/aromatic N) is 1. The Morgan fingerprint density at radius 2 is 1.96 bits per heavy atom. The van der Waals surface area contributed by atoms with E-state index < -0.39 is 12.0 Å². The highest BCUT2D eigenvalue weighted by Gasteiger charge is 2.38. The smallest absolute Gasteiger partial charge is 0.328 e. The molecule has 5 nitrogen and oxygen atoms in total. The molecule has 1 atom stereocenters. The monoisotopic (exact) mass is 387 g/mol. The van der Waals surface area contributed by atoms with Crippen molar-refractivity contribution in [3.63, 3.8) is 0 Å². The molecule has 0 spiro atoms. The van der Waals surface area contributed by atoms with Gasteiger partial charge in [0.15, 0.2) is 0 Å². The molecule has 7 heteroatoms. The highest BCUT2D eigenvalue weighted by atomic mass is 32.2. The zero-order chi connectivity index (χ0) is 18.8. The third-order valence-corrected chi connectivity index (χ3v) is 5.51. The Balaban J connectivity index is 2.06. The fourth-order valence-corrected chi connectivity index (χ4v) is 4.22. The topological polar surface area (TPSA) is 55.8 Å². The summed E-state index contributed by atoms with van der Waals surface area (Å²) in [6, 6.07) is 10.9. The number of benzene rings is 2. The molecule has 1 amide bonds. The molecule has 26 heavy (non-hydrogen) atoms. The van der Waals surface area contributed by atoms with Gasteiger partial charge in [-0.05, 0) is 29.8 Å². The van der Waals surface area contributed by atoms with Crippen LogP contribution >= 0.6 is 24.0 Å². The molecular weight excluding hydrogens is 370 g/mol. The Hall–Kier alpha value is -2.38. The van der Waals surface area contributed by atoms with Crippen molar-refractivity contribution in [2.24, 2.45) is 0 Å². The van der Waals surface area contributed by atoms with Gasteiger partial charge in [-0.25, -0.2) is 4.79 Å². The molecule has 1 aliphatic rings. The number of thiocarbonyl (C=S) groups is 1. The van der Waals surface area contributed by atoms with E-state index in [4.69, 9.17) is 21.7 Å². The van der Waals surface area contributed by atoms with E-state index in [-0.39, 0.29) is 5.91 Å². The SMILES string of the molecule is COC(=O)C(C)N1C(=O)/C(=C/c2c(OC)ccc3ccccc23)SC1=S. The second kappa shape index (κ2) is 7.47. The number of carbonyl (C=O) groups is 2. The molecule has 2 aromatic rings. The van der Waals surface area contributed by atoms with Crippen molar-refractivity contribution in [1.29, 1.82) is 0 Å². The van der Waals surface area contributed by atoms with Crippen LogP contribution in [0.1, 0.15) is 12.5 Å². The number of hydrogen-bond acceptors (Lipinski definition) is 6. The molecule has 1 heterocycles. The summed E-state index contributed by atoms with van der Waals surface area (Å²) >= 11 is 6.47. The summed E-state index contributed by atoms with van der Waals surface area (Å²) in [5, 5.41) is 2.01. The predicted molar refractivity (Wildman–Crippen MR) is 107 cm³/mol. The second-order valence-electron chi connectivity index (χ2n) is 5.65. The summed E-state index contributed by atoms with van der Waals surface area (Å²) < 4.78 is 10.5. The van der Waals surface area contributed by atoms with Gasteiger partial charge in [-0.3, -0.25) is 9.69 Å². The molecule has 0 radical (unpaired) electrons. The van der Waals surface area contributed by atoms with Crippen LogP contribution in [-0.2, 0) is 14.3 Å². The minimum absolute atomic E-state index is 0.312. The van der Waals surface area contributed by atoms with Gasteiger partial charge in [0.25, 0.3) is 5.91 Å². The third-order valence-electron chi connectivity index (χ3n) is 4.18. The van der Waals surface area contributed by atoms with Crippen molar-refractivity contribution >= 4 is 57.0 Å². The molecule has 0 bridgehead atoms. The Kier molecular flexibility index (Phi) is 5.29. The molecule has 0 aliphatic carbocycles. The van der Waals surface area contributed by atoms with Gasteiger partial charge in [0.1, 0.15) is 16.1 Å². The number of carbonyl (C=O) groups excluding carboxylic acids is 2. The number of ether oxygens (including phenoxy) is 2. The van der Waals surface area contributed by atoms with Crippen LogP contribution in [-0.4, -0.2) is 41.4 Å². The summed E-state index contributed by atoms with van der Waals surface area (Å²) in [5.41, 5.74) is 0.803. The lowest BCUT2D eigenvalue weighted by atomic mass is 10.0. The van der Waals surface area contributed by atoms with Crippen LogP contribution in [0.2, 0.25) is 0 Å². The van der Waals surface area contributed by atoms with E-state index in [2.05, 4.69) is 0 Å². The molecule has 1 unspecified atom stereocenters. The third kappa shape index (κ3) is 3.20. The van der Waals surface area contributed by atoms with Crippen LogP contribution < -0.4 is 4.74 Å². The zero-order valence-corrected chi connectivity index (χ0v) is 16.1. The fourth-order valence-electron chi connectivity index (χ4n) is 2.82. The van der Waals surface area contributed by atoms with Gasteiger partial charge in [0.2, 0.25) is 0 Å². The van der Waals surface area contributed by atoms with E-state index in [1.54, 1.807) is 20.1 Å². The van der Waals surface area contributed by atoms with E-state index >= 15 is 0 Å². The van der Waals surface area contributed by atoms with Crippen molar-refractivity contribution in [2.75, 3.05) is 14.2 Å². The number of esters is 1. The summed E-state index contributed by atoms with van der Waals surface area (Å²) in [7, 11) is 2.87. The summed E-state index contributed by atoms with van der Waals surface area (Å²) in [5.74, 6) is -0.159. The van der Waals surface area contributed by atoms with Crippen molar-refractivity contribution < 1.29 is 19.1 Å². The van der Waals surface area contributed by atoms with Gasteiger partial charge in [-0.2, -0.15) is 0 Å². The van der Waals surface area contributed by atoms with E-state index in [1.807, 2.05) is 36.4 Å². The van der Waals surface area contributed by atoms with Gasteiger partial charge in [0, 0.05) is 5.56 Å². The van der Waals surface area contributed by atoms with Crippen LogP contribution in [0.5, 0.6) is 5.75 Å². The first-order valence-corrected chi connectivity index (χ1v) is 9.11. The summed E-state index contributed by atoms with van der Waals surface area (Å²) in [6.07, 6.45) is 1.77. The first-order chi connectivity index (χ1) is 12.5. The Morgan fingerprint density at radius 3 is 2.65 bits per heavy atom. The van der Waals surface area contributed by atoms with Gasteiger partial charge in [-0.15, -0.1) is 0 Å². The molecule has 1 aliphatic heterocycles. The van der Waals surface area contributed by atoms with Crippen molar-refractivity contribution in [3.05, 3.63) is 46.9 Å². The molecule has 1 fully saturated rings. The van der Waals surface area contributed by atoms with Gasteiger partial charge >= 0.3 is 5.97 Å². The maximum absolute atomic E-state index is 12.8. The van der Waals surface area contributed by atoms with Crippen LogP contribution in [0.4, 0.5) is 0 Å². The van der Waals surface area contributed by atoms with E-state index in [1.165, 1.54) is 23.8 Å². The minimum Gasteiger partial charge on any atom is -0.496 e. The quantitative estimate of drug-likeness (QED) is 0.454. The van der Waals surface area contributed by atoms with Crippen LogP contribution in [0.15, 0.2) is 41.3 Å². The highest BCUT2D eigenvalue weighted by Crippen LogP contribution is 2.37. The molecule has 134 valence electrons. The number of amides is 1. The van der Waals surface area contributed by atoms with Gasteiger partial charge in [0.05, 0.1) is 19.1 Å². The normalized spacial score (nSPS) is 17.0. The lowest BCUT2D eigenvalue weighted by Gasteiger charge is -2.20. The summed E-state index contributed by atoms with van der Waals surface area (Å²) in [6.45, 7) is 1.60. The predicted octanol–water partition coefficient (Wildman–Crippen LogP) is 3.61. The molecule has 1 saturated heterocycles. The first-order valence-electron chi connectivity index (χ1n) is 7.88. The standard InChI is InChI=1S/C19H17NO4S2/c1-11(18(22)24-3)20-17(21)16(26-19(20)25)10-14-13-7-5-4-6-12(13)8-9-15(14)23-2/h4-11H,1-3H3/b16-10-. The van der Waals surface area contributed by atoms with Crippen LogP contribution in [0, 0.1) is 0 Å². The number of thioether (sulfide) groups is 1. The first kappa shape index (κ1) is 18.4. The maximum atomic E-state index is 12.8. The molecule has 0 N–H and O–H groups in total. The average molecular weight is 387 g/mol. The Morgan fingerprint density at radius 1 is 1.23 bits per heavy atom. The average Bonchev–Trinajstić information content (AvgIpc) is 2.94. The zero-order valence-electron chi connectivity index (χ0n) is 14.5. The molecule has 0 aromatic heterocycles. The van der Waals surface area contributed by atoms with E-state index in [9.17, 15) is 9.59 Å². The number of hydrogen-bond donors (Lipinski definition) is 0. The van der Waals surface area contributed by atoms with Gasteiger partial charge < -0.3 is 9.47 Å². The highest BCUT2D eigenvalue weighted by molar-refractivity contribution is 8.26. The molecular formula is C19H17NO4S2. The molecule has 3 rings (SSSR count). The lowest BCUT2D eigenvalue weighted by Crippen LogP contribution is -2.42. The van der Waals surface area contributed by atoms with Gasteiger partial charge in [-0.1, -0.05) is 54.3 Å². The fraction of sp³-hybridized carbons (Fsp3) is 0.211. The van der Waals surface area contributed by atoms with Crippen molar-refractivity contribution in [1.82, 2.24) is 4.90 Å². The summed E-state index contributed by atoms with van der Waals surface area (Å²) in [4.78, 5) is 26.4. The maximum Gasteiger partial charge on any atom is 0.328 e. The number of fused-ring (bicyclic) bond motifs is 1. The van der Waals surface area contributed by atoms with E-state index in [0.29, 0.717) is 15.0 Å². The van der Waals surface area contributed by atoms with Crippen LogP contribution in [0.25, 0.3) is 16.8 Å². The molecule has 2 aromatic carbocycles. The largest absolute Gasteiger partial charge is 0.496 e. The lowest BCUT2D eigenvalue weighted by molar-refractivity contribution is -0.147. The minimum atomic E-state index is -0.771. The van der Waals surface area contributed by atoms with Crippen LogP contribution in [0.3, 0.4) is 0 Å². The number of methoxy groups -OCH3 is 2. The van der Waals surface area contributed by atoms with E-state index in [0.717, 1.165) is 16.3 Å². The Bertz CT molecular complexity index is 938. The second-order valence-corrected chi connectivity index (χ2v) is 7.33. The van der Waals surface area contributed by atoms with Crippen molar-refractivity contribution in [3.8, 4) is 5.75 Å². The Labute approximate surface area is 160 Å². The molecule has 0 saturated carbocycles. The number of rotatable bonds is 4.